The molecule has 1 aromatic heterocycles. The number of ether oxygens (including phenoxy) is 1. The van der Waals surface area contributed by atoms with Crippen molar-refractivity contribution in [3.63, 3.8) is 0 Å². The number of halogens is 1. The lowest BCUT2D eigenvalue weighted by Crippen LogP contribution is -2.32. The third-order valence-electron chi connectivity index (χ3n) is 6.07. The van der Waals surface area contributed by atoms with Gasteiger partial charge < -0.3 is 19.0 Å². The number of amides is 1. The maximum absolute atomic E-state index is 13.6. The highest BCUT2D eigenvalue weighted by molar-refractivity contribution is 6.31. The summed E-state index contributed by atoms with van der Waals surface area (Å²) in [5.74, 6) is 1.11. The van der Waals surface area contributed by atoms with Crippen LogP contribution >= 0.6 is 11.6 Å². The Hall–Kier alpha value is -2.83. The van der Waals surface area contributed by atoms with Crippen LogP contribution in [-0.4, -0.2) is 49.5 Å². The van der Waals surface area contributed by atoms with Crippen LogP contribution in [0.2, 0.25) is 5.02 Å². The number of carbonyl (C=O) groups excluding carboxylic acids is 1. The summed E-state index contributed by atoms with van der Waals surface area (Å²) < 4.78 is 12.0. The first-order valence-corrected chi connectivity index (χ1v) is 12.1. The Bertz CT molecular complexity index is 1250. The van der Waals surface area contributed by atoms with Crippen molar-refractivity contribution in [3.05, 3.63) is 74.6 Å². The molecule has 1 aliphatic heterocycles. The number of fused-ring (bicyclic) bond motifs is 2. The van der Waals surface area contributed by atoms with E-state index in [0.29, 0.717) is 40.6 Å². The van der Waals surface area contributed by atoms with Crippen molar-refractivity contribution >= 4 is 28.5 Å². The Morgan fingerprint density at radius 2 is 1.94 bits per heavy atom. The summed E-state index contributed by atoms with van der Waals surface area (Å²) in [6.45, 7) is 6.24. The second-order valence-electron chi connectivity index (χ2n) is 9.48. The van der Waals surface area contributed by atoms with Crippen molar-refractivity contribution < 1.29 is 13.9 Å². The van der Waals surface area contributed by atoms with Gasteiger partial charge in [0.15, 0.2) is 5.43 Å². The van der Waals surface area contributed by atoms with Gasteiger partial charge in [0.05, 0.1) is 23.6 Å². The SMILES string of the molecule is CC(C)CCOc1cccc(C2c3c(oc4ccc(Cl)cc4c3=O)C(=O)N2CCCN(C)C)c1. The number of hydrogen-bond donors (Lipinski definition) is 0. The van der Waals surface area contributed by atoms with E-state index in [0.717, 1.165) is 30.7 Å². The van der Waals surface area contributed by atoms with Crippen LogP contribution in [0.15, 0.2) is 51.7 Å². The van der Waals surface area contributed by atoms with Gasteiger partial charge in [0.1, 0.15) is 11.3 Å². The van der Waals surface area contributed by atoms with Crippen molar-refractivity contribution in [2.24, 2.45) is 5.92 Å². The van der Waals surface area contributed by atoms with Gasteiger partial charge in [0, 0.05) is 11.6 Å². The second kappa shape index (κ2) is 10.2. The molecule has 0 fully saturated rings. The predicted octanol–water partition coefficient (Wildman–Crippen LogP) is 5.37. The van der Waals surface area contributed by atoms with Gasteiger partial charge >= 0.3 is 0 Å². The normalized spacial score (nSPS) is 15.6. The van der Waals surface area contributed by atoms with Crippen molar-refractivity contribution in [3.8, 4) is 5.75 Å². The molecule has 0 radical (unpaired) electrons. The molecule has 0 saturated heterocycles. The topological polar surface area (TPSA) is 63.0 Å². The lowest BCUT2D eigenvalue weighted by Gasteiger charge is -2.26. The summed E-state index contributed by atoms with van der Waals surface area (Å²) in [6.07, 6.45) is 1.72. The van der Waals surface area contributed by atoms with Crippen molar-refractivity contribution in [2.75, 3.05) is 33.8 Å². The molecule has 1 amide bonds. The molecule has 0 aliphatic carbocycles. The maximum atomic E-state index is 13.6. The van der Waals surface area contributed by atoms with Gasteiger partial charge in [0.25, 0.3) is 5.91 Å². The summed E-state index contributed by atoms with van der Waals surface area (Å²) in [5.41, 5.74) is 1.33. The quantitative estimate of drug-likeness (QED) is 0.410. The van der Waals surface area contributed by atoms with E-state index in [1.54, 1.807) is 23.1 Å². The first kappa shape index (κ1) is 24.3. The lowest BCUT2D eigenvalue weighted by molar-refractivity contribution is 0.0722. The molecule has 1 atom stereocenters. The average Bonchev–Trinajstić information content (AvgIpc) is 3.06. The highest BCUT2D eigenvalue weighted by atomic mass is 35.5. The van der Waals surface area contributed by atoms with Crippen LogP contribution in [0.4, 0.5) is 0 Å². The van der Waals surface area contributed by atoms with Crippen LogP contribution in [0.3, 0.4) is 0 Å². The third kappa shape index (κ3) is 4.98. The zero-order valence-electron chi connectivity index (χ0n) is 20.1. The van der Waals surface area contributed by atoms with Crippen LogP contribution in [0, 0.1) is 5.92 Å². The minimum absolute atomic E-state index is 0.112. The van der Waals surface area contributed by atoms with Crippen LogP contribution in [0.1, 0.15) is 54.4 Å². The van der Waals surface area contributed by atoms with E-state index in [1.165, 1.54) is 0 Å². The van der Waals surface area contributed by atoms with Gasteiger partial charge in [-0.2, -0.15) is 0 Å². The Balaban J connectivity index is 1.78. The highest BCUT2D eigenvalue weighted by Crippen LogP contribution is 2.39. The molecule has 0 spiro atoms. The summed E-state index contributed by atoms with van der Waals surface area (Å²) in [7, 11) is 4.00. The molecule has 7 heteroatoms. The largest absolute Gasteiger partial charge is 0.494 e. The summed E-state index contributed by atoms with van der Waals surface area (Å²) >= 11 is 6.16. The summed E-state index contributed by atoms with van der Waals surface area (Å²) in [6, 6.07) is 12.0. The Morgan fingerprint density at radius 1 is 1.15 bits per heavy atom. The lowest BCUT2D eigenvalue weighted by atomic mass is 9.98. The predicted molar refractivity (Wildman–Crippen MR) is 135 cm³/mol. The van der Waals surface area contributed by atoms with Gasteiger partial charge in [0.2, 0.25) is 5.76 Å². The standard InChI is InChI=1S/C27H31ClN2O4/c1-17(2)11-14-33-20-8-5-7-18(15-20)24-23-25(31)21-16-19(28)9-10-22(21)34-26(23)27(32)30(24)13-6-12-29(3)4/h5,7-10,15-17,24H,6,11-14H2,1-4H3. The van der Waals surface area contributed by atoms with Crippen LogP contribution in [0.25, 0.3) is 11.0 Å². The molecule has 2 heterocycles. The van der Waals surface area contributed by atoms with Crippen molar-refractivity contribution in [1.82, 2.24) is 9.80 Å². The molecule has 1 unspecified atom stereocenters. The maximum Gasteiger partial charge on any atom is 0.290 e. The summed E-state index contributed by atoms with van der Waals surface area (Å²) in [4.78, 5) is 30.9. The van der Waals surface area contributed by atoms with Gasteiger partial charge in [-0.25, -0.2) is 0 Å². The summed E-state index contributed by atoms with van der Waals surface area (Å²) in [5, 5.41) is 0.826. The van der Waals surface area contributed by atoms with E-state index in [-0.39, 0.29) is 17.1 Å². The number of nitrogens with zero attached hydrogens (tertiary/aromatic N) is 2. The van der Waals surface area contributed by atoms with Crippen molar-refractivity contribution in [2.45, 2.75) is 32.7 Å². The molecular formula is C27H31ClN2O4. The number of carbonyl (C=O) groups is 1. The molecular weight excluding hydrogens is 452 g/mol. The molecule has 1 aliphatic rings. The van der Waals surface area contributed by atoms with Crippen LogP contribution in [-0.2, 0) is 0 Å². The fourth-order valence-corrected chi connectivity index (χ4v) is 4.49. The van der Waals surface area contributed by atoms with E-state index in [4.69, 9.17) is 20.8 Å². The van der Waals surface area contributed by atoms with Crippen LogP contribution in [0.5, 0.6) is 5.75 Å². The fourth-order valence-electron chi connectivity index (χ4n) is 4.31. The first-order valence-electron chi connectivity index (χ1n) is 11.7. The minimum atomic E-state index is -0.544. The minimum Gasteiger partial charge on any atom is -0.494 e. The van der Waals surface area contributed by atoms with E-state index in [1.807, 2.05) is 38.4 Å². The zero-order chi connectivity index (χ0) is 24.4. The van der Waals surface area contributed by atoms with E-state index in [2.05, 4.69) is 18.7 Å². The molecule has 34 heavy (non-hydrogen) atoms. The van der Waals surface area contributed by atoms with E-state index >= 15 is 0 Å². The monoisotopic (exact) mass is 482 g/mol. The number of hydrogen-bond acceptors (Lipinski definition) is 5. The second-order valence-corrected chi connectivity index (χ2v) is 9.91. The Labute approximate surface area is 205 Å². The molecule has 180 valence electrons. The zero-order valence-corrected chi connectivity index (χ0v) is 20.9. The molecule has 0 N–H and O–H groups in total. The van der Waals surface area contributed by atoms with E-state index in [9.17, 15) is 9.59 Å². The average molecular weight is 483 g/mol. The molecule has 0 bridgehead atoms. The molecule has 6 nitrogen and oxygen atoms in total. The number of rotatable bonds is 9. The van der Waals surface area contributed by atoms with Gasteiger partial charge in [-0.1, -0.05) is 37.6 Å². The van der Waals surface area contributed by atoms with Gasteiger partial charge in [-0.3, -0.25) is 9.59 Å². The van der Waals surface area contributed by atoms with Crippen molar-refractivity contribution in [1.29, 1.82) is 0 Å². The fraction of sp³-hybridized carbons (Fsp3) is 0.407. The Kier molecular flexibility index (Phi) is 7.29. The highest BCUT2D eigenvalue weighted by Gasteiger charge is 2.42. The first-order chi connectivity index (χ1) is 16.3. The number of benzene rings is 2. The van der Waals surface area contributed by atoms with E-state index < -0.39 is 6.04 Å². The van der Waals surface area contributed by atoms with Gasteiger partial charge in [-0.05, 0) is 75.3 Å². The van der Waals surface area contributed by atoms with Crippen LogP contribution < -0.4 is 10.2 Å². The smallest absolute Gasteiger partial charge is 0.290 e. The molecule has 2 aromatic carbocycles. The third-order valence-corrected chi connectivity index (χ3v) is 6.30. The Morgan fingerprint density at radius 3 is 2.68 bits per heavy atom. The molecule has 4 rings (SSSR count). The molecule has 0 saturated carbocycles. The molecule has 3 aromatic rings. The van der Waals surface area contributed by atoms with Gasteiger partial charge in [-0.15, -0.1) is 0 Å².